The molecule has 0 saturated heterocycles. The van der Waals surface area contributed by atoms with Gasteiger partial charge >= 0.3 is 0 Å². The largest absolute Gasteiger partial charge is 0.497 e. The highest BCUT2D eigenvalue weighted by Crippen LogP contribution is 2.23. The minimum absolute atomic E-state index is 0.0211. The smallest absolute Gasteiger partial charge is 0.226 e. The summed E-state index contributed by atoms with van der Waals surface area (Å²) in [6, 6.07) is 12.1. The molecule has 2 rings (SSSR count). The molecule has 0 aliphatic heterocycles. The zero-order valence-corrected chi connectivity index (χ0v) is 16.2. The molecule has 2 aromatic carbocycles. The number of rotatable bonds is 7. The van der Waals surface area contributed by atoms with Crippen molar-refractivity contribution in [2.24, 2.45) is 0 Å². The Hall–Kier alpha value is -2.38. The maximum Gasteiger partial charge on any atom is 0.226 e. The quantitative estimate of drug-likeness (QED) is 0.778. The maximum absolute atomic E-state index is 12.5. The summed E-state index contributed by atoms with van der Waals surface area (Å²) >= 11 is 0. The highest BCUT2D eigenvalue weighted by atomic mass is 32.2. The standard InChI is InChI=1S/C19H24N2O4S/c1-13-5-6-14(2)17(11-13)20-19(22)12-18(21-26(4,23)24)15-7-9-16(25-3)10-8-15/h5-11,18,21H,12H2,1-4H3,(H,20,22). The monoisotopic (exact) mass is 376 g/mol. The lowest BCUT2D eigenvalue weighted by atomic mass is 10.0. The number of hydrogen-bond acceptors (Lipinski definition) is 4. The topological polar surface area (TPSA) is 84.5 Å². The Bertz CT molecular complexity index is 877. The Morgan fingerprint density at radius 2 is 1.77 bits per heavy atom. The first-order chi connectivity index (χ1) is 12.2. The van der Waals surface area contributed by atoms with Gasteiger partial charge in [0.05, 0.1) is 19.4 Å². The zero-order valence-electron chi connectivity index (χ0n) is 15.4. The van der Waals surface area contributed by atoms with E-state index in [2.05, 4.69) is 10.0 Å². The van der Waals surface area contributed by atoms with Crippen molar-refractivity contribution in [3.8, 4) is 5.75 Å². The predicted molar refractivity (Wildman–Crippen MR) is 103 cm³/mol. The van der Waals surface area contributed by atoms with Crippen LogP contribution in [0.5, 0.6) is 5.75 Å². The lowest BCUT2D eigenvalue weighted by Crippen LogP contribution is -2.30. The molecule has 0 aliphatic carbocycles. The van der Waals surface area contributed by atoms with Crippen molar-refractivity contribution in [2.75, 3.05) is 18.7 Å². The van der Waals surface area contributed by atoms with Crippen LogP contribution < -0.4 is 14.8 Å². The molecule has 2 N–H and O–H groups in total. The van der Waals surface area contributed by atoms with Gasteiger partial charge in [-0.2, -0.15) is 0 Å². The SMILES string of the molecule is COc1ccc(C(CC(=O)Nc2cc(C)ccc2C)NS(C)(=O)=O)cc1. The molecule has 7 heteroatoms. The fourth-order valence-corrected chi connectivity index (χ4v) is 3.32. The molecular formula is C19H24N2O4S. The van der Waals surface area contributed by atoms with Crippen LogP contribution in [0.1, 0.15) is 29.2 Å². The first-order valence-electron chi connectivity index (χ1n) is 8.16. The summed E-state index contributed by atoms with van der Waals surface area (Å²) in [6.07, 6.45) is 1.05. The Balaban J connectivity index is 2.19. The van der Waals surface area contributed by atoms with Crippen LogP contribution in [-0.4, -0.2) is 27.7 Å². The number of sulfonamides is 1. The summed E-state index contributed by atoms with van der Waals surface area (Å²) in [5.41, 5.74) is 3.39. The molecule has 1 atom stereocenters. The summed E-state index contributed by atoms with van der Waals surface area (Å²) < 4.78 is 31.1. The highest BCUT2D eigenvalue weighted by Gasteiger charge is 2.20. The van der Waals surface area contributed by atoms with E-state index in [0.717, 1.165) is 23.1 Å². The van der Waals surface area contributed by atoms with Gasteiger partial charge in [-0.1, -0.05) is 24.3 Å². The number of anilines is 1. The second kappa shape index (κ2) is 8.33. The summed E-state index contributed by atoms with van der Waals surface area (Å²) in [7, 11) is -1.93. The third kappa shape index (κ3) is 5.86. The van der Waals surface area contributed by atoms with Gasteiger partial charge in [-0.15, -0.1) is 0 Å². The molecule has 0 radical (unpaired) electrons. The Kier molecular flexibility index (Phi) is 6.39. The summed E-state index contributed by atoms with van der Waals surface area (Å²) in [4.78, 5) is 12.5. The number of carbonyl (C=O) groups excluding carboxylic acids is 1. The fourth-order valence-electron chi connectivity index (χ4n) is 2.58. The molecule has 6 nitrogen and oxygen atoms in total. The van der Waals surface area contributed by atoms with Crippen molar-refractivity contribution in [1.82, 2.24) is 4.72 Å². The van der Waals surface area contributed by atoms with Crippen LogP contribution in [0.25, 0.3) is 0 Å². The van der Waals surface area contributed by atoms with Gasteiger partial charge in [0.15, 0.2) is 0 Å². The molecule has 0 fully saturated rings. The molecular weight excluding hydrogens is 352 g/mol. The van der Waals surface area contributed by atoms with Gasteiger partial charge in [-0.25, -0.2) is 13.1 Å². The van der Waals surface area contributed by atoms with Crippen LogP contribution in [0.4, 0.5) is 5.69 Å². The van der Waals surface area contributed by atoms with Gasteiger partial charge in [-0.3, -0.25) is 4.79 Å². The average molecular weight is 376 g/mol. The van der Waals surface area contributed by atoms with Crippen LogP contribution >= 0.6 is 0 Å². The minimum atomic E-state index is -3.48. The van der Waals surface area contributed by atoms with Crippen LogP contribution in [0.2, 0.25) is 0 Å². The summed E-state index contributed by atoms with van der Waals surface area (Å²) in [5.74, 6) is 0.391. The van der Waals surface area contributed by atoms with Gasteiger partial charge in [0.1, 0.15) is 5.75 Å². The third-order valence-electron chi connectivity index (χ3n) is 3.93. The molecule has 0 aliphatic rings. The number of nitrogens with one attached hydrogen (secondary N) is 2. The van der Waals surface area contributed by atoms with E-state index in [1.165, 1.54) is 0 Å². The van der Waals surface area contributed by atoms with E-state index in [9.17, 15) is 13.2 Å². The van der Waals surface area contributed by atoms with Crippen molar-refractivity contribution in [3.63, 3.8) is 0 Å². The number of ether oxygens (including phenoxy) is 1. The van der Waals surface area contributed by atoms with Gasteiger partial charge < -0.3 is 10.1 Å². The molecule has 0 bridgehead atoms. The number of carbonyl (C=O) groups is 1. The summed E-state index contributed by atoms with van der Waals surface area (Å²) in [6.45, 7) is 3.85. The molecule has 0 spiro atoms. The first kappa shape index (κ1) is 19.9. The minimum Gasteiger partial charge on any atom is -0.497 e. The van der Waals surface area contributed by atoms with Crippen LogP contribution in [0, 0.1) is 13.8 Å². The fraction of sp³-hybridized carbons (Fsp3) is 0.316. The molecule has 26 heavy (non-hydrogen) atoms. The van der Waals surface area contributed by atoms with E-state index in [-0.39, 0.29) is 12.3 Å². The molecule has 0 aromatic heterocycles. The summed E-state index contributed by atoms with van der Waals surface area (Å²) in [5, 5.41) is 2.86. The van der Waals surface area contributed by atoms with Gasteiger partial charge in [-0.05, 0) is 48.7 Å². The molecule has 0 heterocycles. The molecule has 0 saturated carbocycles. The molecule has 1 unspecified atom stereocenters. The number of aryl methyl sites for hydroxylation is 2. The number of hydrogen-bond donors (Lipinski definition) is 2. The maximum atomic E-state index is 12.5. The van der Waals surface area contributed by atoms with Crippen molar-refractivity contribution in [3.05, 3.63) is 59.2 Å². The van der Waals surface area contributed by atoms with Crippen molar-refractivity contribution >= 4 is 21.6 Å². The van der Waals surface area contributed by atoms with Crippen LogP contribution in [0.3, 0.4) is 0 Å². The zero-order chi connectivity index (χ0) is 19.3. The van der Waals surface area contributed by atoms with Gasteiger partial charge in [0.25, 0.3) is 0 Å². The molecule has 140 valence electrons. The molecule has 2 aromatic rings. The van der Waals surface area contributed by atoms with E-state index in [0.29, 0.717) is 11.3 Å². The first-order valence-corrected chi connectivity index (χ1v) is 10.1. The third-order valence-corrected chi connectivity index (χ3v) is 4.64. The Labute approximate surface area is 154 Å². The Morgan fingerprint density at radius 3 is 2.35 bits per heavy atom. The van der Waals surface area contributed by atoms with Crippen molar-refractivity contribution < 1.29 is 17.9 Å². The number of benzene rings is 2. The van der Waals surface area contributed by atoms with Crippen LogP contribution in [-0.2, 0) is 14.8 Å². The number of methoxy groups -OCH3 is 1. The van der Waals surface area contributed by atoms with Crippen LogP contribution in [0.15, 0.2) is 42.5 Å². The number of amides is 1. The lowest BCUT2D eigenvalue weighted by molar-refractivity contribution is -0.116. The highest BCUT2D eigenvalue weighted by molar-refractivity contribution is 7.88. The van der Waals surface area contributed by atoms with Crippen molar-refractivity contribution in [1.29, 1.82) is 0 Å². The van der Waals surface area contributed by atoms with Gasteiger partial charge in [0.2, 0.25) is 15.9 Å². The van der Waals surface area contributed by atoms with E-state index in [4.69, 9.17) is 4.74 Å². The second-order valence-corrected chi connectivity index (χ2v) is 8.07. The van der Waals surface area contributed by atoms with Gasteiger partial charge in [0, 0.05) is 12.1 Å². The van der Waals surface area contributed by atoms with E-state index in [1.54, 1.807) is 31.4 Å². The van der Waals surface area contributed by atoms with E-state index in [1.807, 2.05) is 32.0 Å². The molecule has 1 amide bonds. The predicted octanol–water partition coefficient (Wildman–Crippen LogP) is 2.93. The Morgan fingerprint density at radius 1 is 1.12 bits per heavy atom. The van der Waals surface area contributed by atoms with Crippen molar-refractivity contribution in [2.45, 2.75) is 26.3 Å². The average Bonchev–Trinajstić information content (AvgIpc) is 2.56. The normalized spacial score (nSPS) is 12.5. The lowest BCUT2D eigenvalue weighted by Gasteiger charge is -2.18. The van der Waals surface area contributed by atoms with E-state index >= 15 is 0 Å². The van der Waals surface area contributed by atoms with E-state index < -0.39 is 16.1 Å². The second-order valence-electron chi connectivity index (χ2n) is 6.29.